The van der Waals surface area contributed by atoms with E-state index in [1.807, 2.05) is 0 Å². The zero-order valence-corrected chi connectivity index (χ0v) is 10.2. The maximum absolute atomic E-state index is 3.90. The molecule has 1 fully saturated rings. The highest BCUT2D eigenvalue weighted by Crippen LogP contribution is 2.35. The van der Waals surface area contributed by atoms with E-state index in [0.29, 0.717) is 0 Å². The molecule has 1 N–H and O–H groups in total. The Morgan fingerprint density at radius 1 is 0.812 bits per heavy atom. The predicted molar refractivity (Wildman–Crippen MR) is 68.4 cm³/mol. The van der Waals surface area contributed by atoms with E-state index < -0.39 is 0 Å². The van der Waals surface area contributed by atoms with Gasteiger partial charge in [0.2, 0.25) is 0 Å². The molecule has 16 heavy (non-hydrogen) atoms. The van der Waals surface area contributed by atoms with Crippen molar-refractivity contribution in [1.82, 2.24) is 5.32 Å². The molecule has 0 saturated heterocycles. The van der Waals surface area contributed by atoms with Crippen molar-refractivity contribution in [2.75, 3.05) is 0 Å². The van der Waals surface area contributed by atoms with Gasteiger partial charge < -0.3 is 5.32 Å². The zero-order valence-electron chi connectivity index (χ0n) is 10.2. The van der Waals surface area contributed by atoms with Crippen molar-refractivity contribution in [3.8, 4) is 0 Å². The third-order valence-corrected chi connectivity index (χ3v) is 4.46. The Bertz CT molecular complexity index is 287. The van der Waals surface area contributed by atoms with Crippen LogP contribution < -0.4 is 5.32 Å². The molecule has 0 amide bonds. The number of hydrogen-bond acceptors (Lipinski definition) is 1. The predicted octanol–water partition coefficient (Wildman–Crippen LogP) is 3.72. The zero-order chi connectivity index (χ0) is 10.8. The summed E-state index contributed by atoms with van der Waals surface area (Å²) in [4.78, 5) is 0. The molecule has 0 spiro atoms. The first-order valence-electron chi connectivity index (χ1n) is 7.02. The normalized spacial score (nSPS) is 27.5. The molecule has 0 atom stereocenters. The summed E-state index contributed by atoms with van der Waals surface area (Å²) in [5, 5.41) is 3.90. The van der Waals surface area contributed by atoms with Crippen LogP contribution in [0.25, 0.3) is 0 Å². The lowest BCUT2D eigenvalue weighted by Crippen LogP contribution is -2.38. The molecule has 0 heterocycles. The second-order valence-corrected chi connectivity index (χ2v) is 5.69. The molecule has 0 aliphatic heterocycles. The van der Waals surface area contributed by atoms with Crippen LogP contribution >= 0.6 is 0 Å². The van der Waals surface area contributed by atoms with Gasteiger partial charge in [-0.15, -0.1) is 0 Å². The molecule has 1 nitrogen and oxygen atoms in total. The highest BCUT2D eigenvalue weighted by atomic mass is 15.0. The van der Waals surface area contributed by atoms with Crippen molar-refractivity contribution < 1.29 is 0 Å². The van der Waals surface area contributed by atoms with Gasteiger partial charge in [-0.25, -0.2) is 0 Å². The van der Waals surface area contributed by atoms with Crippen LogP contribution in [0.4, 0.5) is 0 Å². The maximum atomic E-state index is 3.90. The second-order valence-electron chi connectivity index (χ2n) is 5.69. The fourth-order valence-corrected chi connectivity index (χ4v) is 3.58. The quantitative estimate of drug-likeness (QED) is 0.695. The molecule has 3 aliphatic carbocycles. The molecule has 0 unspecified atom stereocenters. The van der Waals surface area contributed by atoms with E-state index >= 15 is 0 Å². The Labute approximate surface area is 99.0 Å². The molecule has 0 aromatic carbocycles. The van der Waals surface area contributed by atoms with Crippen LogP contribution in [0, 0.1) is 0 Å². The van der Waals surface area contributed by atoms with Crippen LogP contribution in [0.2, 0.25) is 0 Å². The van der Waals surface area contributed by atoms with Crippen LogP contribution in [0.1, 0.15) is 57.8 Å². The lowest BCUT2D eigenvalue weighted by atomic mass is 9.94. The molecule has 0 bridgehead atoms. The fraction of sp³-hybridized carbons (Fsp3) is 0.733. The van der Waals surface area contributed by atoms with Crippen LogP contribution in [-0.4, -0.2) is 12.1 Å². The van der Waals surface area contributed by atoms with Crippen molar-refractivity contribution in [1.29, 1.82) is 0 Å². The van der Waals surface area contributed by atoms with Crippen LogP contribution in [0.5, 0.6) is 0 Å². The average molecular weight is 217 g/mol. The van der Waals surface area contributed by atoms with E-state index in [2.05, 4.69) is 17.5 Å². The van der Waals surface area contributed by atoms with E-state index in [4.69, 9.17) is 0 Å². The van der Waals surface area contributed by atoms with Gasteiger partial charge in [0.05, 0.1) is 0 Å². The highest BCUT2D eigenvalue weighted by Gasteiger charge is 2.26. The van der Waals surface area contributed by atoms with Gasteiger partial charge in [-0.05, 0) is 38.5 Å². The van der Waals surface area contributed by atoms with Crippen LogP contribution in [0.15, 0.2) is 23.3 Å². The van der Waals surface area contributed by atoms with Crippen molar-refractivity contribution in [3.05, 3.63) is 23.3 Å². The molecule has 3 rings (SSSR count). The summed E-state index contributed by atoms with van der Waals surface area (Å²) in [6.07, 6.45) is 17.0. The number of rotatable bonds is 2. The van der Waals surface area contributed by atoms with Crippen molar-refractivity contribution in [2.24, 2.45) is 0 Å². The Hall–Kier alpha value is -0.560. The molecule has 0 radical (unpaired) electrons. The molecular weight excluding hydrogens is 194 g/mol. The molecule has 1 heteroatoms. The van der Waals surface area contributed by atoms with Crippen LogP contribution in [0.3, 0.4) is 0 Å². The summed E-state index contributed by atoms with van der Waals surface area (Å²) in [6.45, 7) is 0. The lowest BCUT2D eigenvalue weighted by Gasteiger charge is -2.26. The highest BCUT2D eigenvalue weighted by molar-refractivity contribution is 5.30. The van der Waals surface area contributed by atoms with Gasteiger partial charge in [-0.2, -0.15) is 0 Å². The van der Waals surface area contributed by atoms with E-state index in [1.54, 1.807) is 11.1 Å². The first-order valence-corrected chi connectivity index (χ1v) is 7.02. The summed E-state index contributed by atoms with van der Waals surface area (Å²) in [5.41, 5.74) is 3.49. The van der Waals surface area contributed by atoms with Gasteiger partial charge in [-0.1, -0.05) is 42.6 Å². The molecular formula is C15H23N. The third kappa shape index (κ3) is 2.24. The molecule has 0 aromatic heterocycles. The van der Waals surface area contributed by atoms with Gasteiger partial charge in [0, 0.05) is 12.1 Å². The van der Waals surface area contributed by atoms with E-state index in [0.717, 1.165) is 12.1 Å². The SMILES string of the molecule is C1=CCC2=C(C1)CC(NC1CCCCC1)C2. The first kappa shape index (κ1) is 10.6. The number of allylic oxidation sites excluding steroid dienone is 2. The van der Waals surface area contributed by atoms with Crippen LogP contribution in [-0.2, 0) is 0 Å². The Kier molecular flexibility index (Phi) is 3.14. The minimum atomic E-state index is 0.771. The Balaban J connectivity index is 1.51. The second kappa shape index (κ2) is 4.75. The maximum Gasteiger partial charge on any atom is 0.0144 e. The third-order valence-electron chi connectivity index (χ3n) is 4.46. The number of nitrogens with one attached hydrogen (secondary N) is 1. The molecule has 1 saturated carbocycles. The topological polar surface area (TPSA) is 12.0 Å². The van der Waals surface area contributed by atoms with E-state index in [1.165, 1.54) is 57.8 Å². The van der Waals surface area contributed by atoms with E-state index in [-0.39, 0.29) is 0 Å². The molecule has 0 aromatic rings. The summed E-state index contributed by atoms with van der Waals surface area (Å²) in [7, 11) is 0. The lowest BCUT2D eigenvalue weighted by molar-refractivity contribution is 0.338. The monoisotopic (exact) mass is 217 g/mol. The summed E-state index contributed by atoms with van der Waals surface area (Å²) in [6, 6.07) is 1.60. The smallest absolute Gasteiger partial charge is 0.0144 e. The van der Waals surface area contributed by atoms with Crippen molar-refractivity contribution in [2.45, 2.75) is 69.9 Å². The Morgan fingerprint density at radius 2 is 1.44 bits per heavy atom. The average Bonchev–Trinajstić information content (AvgIpc) is 2.72. The molecule has 88 valence electrons. The van der Waals surface area contributed by atoms with Gasteiger partial charge in [0.25, 0.3) is 0 Å². The van der Waals surface area contributed by atoms with Gasteiger partial charge in [0.15, 0.2) is 0 Å². The Morgan fingerprint density at radius 3 is 2.06 bits per heavy atom. The van der Waals surface area contributed by atoms with Gasteiger partial charge in [0.1, 0.15) is 0 Å². The van der Waals surface area contributed by atoms with Crippen molar-refractivity contribution >= 4 is 0 Å². The van der Waals surface area contributed by atoms with E-state index in [9.17, 15) is 0 Å². The summed E-state index contributed by atoms with van der Waals surface area (Å²) < 4.78 is 0. The number of hydrogen-bond donors (Lipinski definition) is 1. The standard InChI is InChI=1S/C15H23N/c1-2-8-14(9-3-1)16-15-10-12-6-4-5-7-13(12)11-15/h4-5,14-16H,1-3,6-11H2. The van der Waals surface area contributed by atoms with Gasteiger partial charge in [-0.3, -0.25) is 0 Å². The summed E-state index contributed by atoms with van der Waals surface area (Å²) >= 11 is 0. The van der Waals surface area contributed by atoms with Crippen molar-refractivity contribution in [3.63, 3.8) is 0 Å². The first-order chi connectivity index (χ1) is 7.92. The minimum absolute atomic E-state index is 0.771. The minimum Gasteiger partial charge on any atom is -0.311 e. The fourth-order valence-electron chi connectivity index (χ4n) is 3.58. The largest absolute Gasteiger partial charge is 0.311 e. The van der Waals surface area contributed by atoms with Gasteiger partial charge >= 0.3 is 0 Å². The molecule has 3 aliphatic rings. The summed E-state index contributed by atoms with van der Waals surface area (Å²) in [5.74, 6) is 0.